The Kier molecular flexibility index (Phi) is 6.11. The number of hydrogen-bond donors (Lipinski definition) is 1. The molecule has 2 aliphatic heterocycles. The van der Waals surface area contributed by atoms with E-state index in [1.807, 2.05) is 11.0 Å². The van der Waals surface area contributed by atoms with Crippen molar-refractivity contribution in [1.29, 1.82) is 0 Å². The first-order valence-electron chi connectivity index (χ1n) is 10.9. The van der Waals surface area contributed by atoms with E-state index in [1.165, 1.54) is 6.07 Å². The van der Waals surface area contributed by atoms with E-state index in [9.17, 15) is 9.18 Å². The standard InChI is InChI=1S/C22H28FN5O.ClH/c23-18-5-3-4-17(14-18)22(8-1-2-9-22)21(29)27-11-6-16(7-12-27)20-26-25-19-15-24-10-13-28(19)20;/h3-5,14,16,24H,1-2,6-13,15H2;1H. The molecule has 1 aromatic carbocycles. The summed E-state index contributed by atoms with van der Waals surface area (Å²) in [6.45, 7) is 4.12. The average Bonchev–Trinajstić information content (AvgIpc) is 3.42. The Morgan fingerprint density at radius 1 is 1.13 bits per heavy atom. The molecular weight excluding hydrogens is 405 g/mol. The molecule has 2 fully saturated rings. The molecule has 0 atom stereocenters. The molecule has 1 N–H and O–H groups in total. The molecule has 30 heavy (non-hydrogen) atoms. The average molecular weight is 434 g/mol. The Labute approximate surface area is 182 Å². The molecule has 1 aliphatic carbocycles. The molecule has 1 aromatic heterocycles. The van der Waals surface area contributed by atoms with Crippen molar-refractivity contribution in [2.24, 2.45) is 0 Å². The summed E-state index contributed by atoms with van der Waals surface area (Å²) in [4.78, 5) is 15.6. The van der Waals surface area contributed by atoms with Crippen molar-refractivity contribution in [2.45, 2.75) is 62.9 Å². The molecule has 1 saturated heterocycles. The monoisotopic (exact) mass is 433 g/mol. The Morgan fingerprint density at radius 2 is 1.90 bits per heavy atom. The number of carbonyl (C=O) groups is 1. The second kappa shape index (κ2) is 8.63. The topological polar surface area (TPSA) is 63.1 Å². The van der Waals surface area contributed by atoms with E-state index >= 15 is 0 Å². The van der Waals surface area contributed by atoms with E-state index < -0.39 is 5.41 Å². The van der Waals surface area contributed by atoms with E-state index in [0.717, 1.165) is 88.5 Å². The number of likely N-dealkylation sites (tertiary alicyclic amines) is 1. The molecule has 1 amide bonds. The summed E-state index contributed by atoms with van der Waals surface area (Å²) in [6, 6.07) is 6.67. The van der Waals surface area contributed by atoms with E-state index in [1.54, 1.807) is 12.1 Å². The molecule has 0 bridgehead atoms. The lowest BCUT2D eigenvalue weighted by atomic mass is 9.77. The molecule has 8 heteroatoms. The van der Waals surface area contributed by atoms with Crippen LogP contribution >= 0.6 is 12.4 Å². The van der Waals surface area contributed by atoms with Gasteiger partial charge >= 0.3 is 0 Å². The number of rotatable bonds is 3. The third-order valence-electron chi connectivity index (χ3n) is 7.04. The van der Waals surface area contributed by atoms with Crippen LogP contribution in [0.4, 0.5) is 4.39 Å². The molecule has 2 aromatic rings. The summed E-state index contributed by atoms with van der Waals surface area (Å²) in [5.41, 5.74) is 0.301. The molecule has 6 nitrogen and oxygen atoms in total. The van der Waals surface area contributed by atoms with Crippen LogP contribution in [-0.2, 0) is 23.3 Å². The lowest BCUT2D eigenvalue weighted by Gasteiger charge is -2.38. The number of benzene rings is 1. The quantitative estimate of drug-likeness (QED) is 0.807. The van der Waals surface area contributed by atoms with E-state index in [0.29, 0.717) is 5.92 Å². The largest absolute Gasteiger partial charge is 0.342 e. The van der Waals surface area contributed by atoms with Gasteiger partial charge in [0.25, 0.3) is 0 Å². The van der Waals surface area contributed by atoms with Crippen LogP contribution in [0.25, 0.3) is 0 Å². The van der Waals surface area contributed by atoms with Crippen LogP contribution < -0.4 is 5.32 Å². The van der Waals surface area contributed by atoms with Gasteiger partial charge in [0.2, 0.25) is 5.91 Å². The summed E-state index contributed by atoms with van der Waals surface area (Å²) in [5.74, 6) is 2.38. The normalized spacial score (nSPS) is 21.2. The smallest absolute Gasteiger partial charge is 0.233 e. The van der Waals surface area contributed by atoms with Gasteiger partial charge in [0.1, 0.15) is 17.5 Å². The SMILES string of the molecule is Cl.O=C(N1CCC(c2nnc3n2CCNC3)CC1)C1(c2cccc(F)c2)CCCC1. The first-order chi connectivity index (χ1) is 14.2. The van der Waals surface area contributed by atoms with Gasteiger partial charge in [-0.25, -0.2) is 4.39 Å². The second-order valence-electron chi connectivity index (χ2n) is 8.67. The summed E-state index contributed by atoms with van der Waals surface area (Å²) < 4.78 is 16.2. The third kappa shape index (κ3) is 3.62. The highest BCUT2D eigenvalue weighted by atomic mass is 35.5. The van der Waals surface area contributed by atoms with Crippen LogP contribution in [0.3, 0.4) is 0 Å². The third-order valence-corrected chi connectivity index (χ3v) is 7.04. The molecule has 0 unspecified atom stereocenters. The zero-order valence-electron chi connectivity index (χ0n) is 17.1. The molecular formula is C22H29ClFN5O. The molecule has 3 aliphatic rings. The number of halogens is 2. The van der Waals surface area contributed by atoms with Gasteiger partial charge in [-0.15, -0.1) is 22.6 Å². The van der Waals surface area contributed by atoms with Crippen LogP contribution in [0.15, 0.2) is 24.3 Å². The number of fused-ring (bicyclic) bond motifs is 1. The number of aromatic nitrogens is 3. The van der Waals surface area contributed by atoms with Gasteiger partial charge in [0.15, 0.2) is 0 Å². The van der Waals surface area contributed by atoms with Crippen LogP contribution in [0.1, 0.15) is 61.7 Å². The second-order valence-corrected chi connectivity index (χ2v) is 8.67. The predicted molar refractivity (Wildman–Crippen MR) is 114 cm³/mol. The van der Waals surface area contributed by atoms with Gasteiger partial charge in [-0.1, -0.05) is 25.0 Å². The fourth-order valence-electron chi connectivity index (χ4n) is 5.45. The Morgan fingerprint density at radius 3 is 2.63 bits per heavy atom. The maximum atomic E-state index is 13.9. The van der Waals surface area contributed by atoms with Crippen LogP contribution in [0.5, 0.6) is 0 Å². The predicted octanol–water partition coefficient (Wildman–Crippen LogP) is 3.16. The number of carbonyl (C=O) groups excluding carboxylic acids is 1. The van der Waals surface area contributed by atoms with E-state index in [4.69, 9.17) is 0 Å². The fourth-order valence-corrected chi connectivity index (χ4v) is 5.45. The lowest BCUT2D eigenvalue weighted by molar-refractivity contribution is -0.138. The maximum absolute atomic E-state index is 13.9. The van der Waals surface area contributed by atoms with Crippen molar-refractivity contribution in [2.75, 3.05) is 19.6 Å². The van der Waals surface area contributed by atoms with Gasteiger partial charge in [-0.05, 0) is 43.4 Å². The van der Waals surface area contributed by atoms with Gasteiger partial charge in [0.05, 0.1) is 12.0 Å². The molecule has 1 saturated carbocycles. The van der Waals surface area contributed by atoms with Crippen molar-refractivity contribution >= 4 is 18.3 Å². The van der Waals surface area contributed by atoms with Gasteiger partial charge in [-0.2, -0.15) is 0 Å². The summed E-state index contributed by atoms with van der Waals surface area (Å²) in [6.07, 6.45) is 5.52. The molecule has 162 valence electrons. The zero-order chi connectivity index (χ0) is 19.8. The summed E-state index contributed by atoms with van der Waals surface area (Å²) in [7, 11) is 0. The maximum Gasteiger partial charge on any atom is 0.233 e. The van der Waals surface area contributed by atoms with E-state index in [2.05, 4.69) is 20.1 Å². The highest BCUT2D eigenvalue weighted by molar-refractivity contribution is 5.88. The Bertz CT molecular complexity index is 903. The minimum Gasteiger partial charge on any atom is -0.342 e. The van der Waals surface area contributed by atoms with Crippen molar-refractivity contribution in [3.8, 4) is 0 Å². The molecule has 0 radical (unpaired) electrons. The van der Waals surface area contributed by atoms with Gasteiger partial charge in [0, 0.05) is 32.1 Å². The number of nitrogens with zero attached hydrogens (tertiary/aromatic N) is 4. The van der Waals surface area contributed by atoms with Crippen LogP contribution in [0.2, 0.25) is 0 Å². The number of piperidine rings is 1. The van der Waals surface area contributed by atoms with Gasteiger partial charge in [-0.3, -0.25) is 4.79 Å². The molecule has 3 heterocycles. The number of amides is 1. The zero-order valence-corrected chi connectivity index (χ0v) is 18.0. The first kappa shape index (κ1) is 21.2. The minimum atomic E-state index is -0.547. The lowest BCUT2D eigenvalue weighted by Crippen LogP contribution is -2.48. The van der Waals surface area contributed by atoms with Crippen LogP contribution in [-0.4, -0.2) is 45.2 Å². The van der Waals surface area contributed by atoms with Gasteiger partial charge < -0.3 is 14.8 Å². The Hall–Kier alpha value is -1.99. The fraction of sp³-hybridized carbons (Fsp3) is 0.591. The minimum absolute atomic E-state index is 0. The van der Waals surface area contributed by atoms with Crippen LogP contribution in [0, 0.1) is 5.82 Å². The van der Waals surface area contributed by atoms with Crippen molar-refractivity contribution in [3.63, 3.8) is 0 Å². The summed E-state index contributed by atoms with van der Waals surface area (Å²) >= 11 is 0. The van der Waals surface area contributed by atoms with Crippen molar-refractivity contribution in [1.82, 2.24) is 25.0 Å². The highest BCUT2D eigenvalue weighted by Crippen LogP contribution is 2.43. The molecule has 5 rings (SSSR count). The van der Waals surface area contributed by atoms with Crippen molar-refractivity contribution in [3.05, 3.63) is 47.3 Å². The summed E-state index contributed by atoms with van der Waals surface area (Å²) in [5, 5.41) is 12.1. The van der Waals surface area contributed by atoms with E-state index in [-0.39, 0.29) is 24.1 Å². The first-order valence-corrected chi connectivity index (χ1v) is 10.9. The Balaban J connectivity index is 0.00000218. The number of nitrogens with one attached hydrogen (secondary N) is 1. The number of hydrogen-bond acceptors (Lipinski definition) is 4. The molecule has 0 spiro atoms. The highest BCUT2D eigenvalue weighted by Gasteiger charge is 2.45. The van der Waals surface area contributed by atoms with Crippen molar-refractivity contribution < 1.29 is 9.18 Å².